The van der Waals surface area contributed by atoms with Gasteiger partial charge in [-0.25, -0.2) is 0 Å². The summed E-state index contributed by atoms with van der Waals surface area (Å²) < 4.78 is 0. The van der Waals surface area contributed by atoms with Crippen LogP contribution in [0.25, 0.3) is 0 Å². The second-order valence-electron chi connectivity index (χ2n) is 5.57. The Hall–Kier alpha value is -1.49. The number of carboxylic acids is 1. The number of hydrogen-bond donors (Lipinski definition) is 1. The van der Waals surface area contributed by atoms with Crippen molar-refractivity contribution in [3.05, 3.63) is 35.4 Å². The topological polar surface area (TPSA) is 57.6 Å². The molecule has 0 spiro atoms. The quantitative estimate of drug-likeness (QED) is 0.908. The highest BCUT2D eigenvalue weighted by atomic mass is 32.2. The fourth-order valence-corrected chi connectivity index (χ4v) is 3.57. The van der Waals surface area contributed by atoms with Crippen LogP contribution in [0.3, 0.4) is 0 Å². The average molecular weight is 307 g/mol. The van der Waals surface area contributed by atoms with Crippen molar-refractivity contribution in [1.82, 2.24) is 4.90 Å². The molecule has 0 aromatic heterocycles. The Morgan fingerprint density at radius 1 is 1.33 bits per heavy atom. The molecule has 1 heterocycles. The van der Waals surface area contributed by atoms with Gasteiger partial charge in [0.25, 0.3) is 0 Å². The molecule has 1 aromatic rings. The molecular formula is C16H21NO3S. The minimum absolute atomic E-state index is 0.0187. The zero-order valence-electron chi connectivity index (χ0n) is 12.4. The first kappa shape index (κ1) is 15.9. The number of amides is 1. The molecular weight excluding hydrogens is 286 g/mol. The summed E-state index contributed by atoms with van der Waals surface area (Å²) in [5.41, 5.74) is 2.59. The number of carboxylic acid groups (broad SMARTS) is 1. The third-order valence-electron chi connectivity index (χ3n) is 3.97. The lowest BCUT2D eigenvalue weighted by Gasteiger charge is -2.21. The number of nitrogens with zero attached hydrogens (tertiary/aromatic N) is 1. The SMILES string of the molecule is Cc1ccccc1C1CC(C)N(C(=O)CSCC(=O)O)C1. The highest BCUT2D eigenvalue weighted by Crippen LogP contribution is 2.33. The molecule has 114 valence electrons. The molecule has 1 aliphatic rings. The molecule has 2 rings (SSSR count). The normalized spacial score (nSPS) is 21.5. The Kier molecular flexibility index (Phi) is 5.28. The summed E-state index contributed by atoms with van der Waals surface area (Å²) in [4.78, 5) is 24.6. The number of likely N-dealkylation sites (tertiary alicyclic amines) is 1. The first-order valence-electron chi connectivity index (χ1n) is 7.13. The monoisotopic (exact) mass is 307 g/mol. The van der Waals surface area contributed by atoms with Gasteiger partial charge >= 0.3 is 5.97 Å². The molecule has 5 heteroatoms. The summed E-state index contributed by atoms with van der Waals surface area (Å²) in [5, 5.41) is 8.62. The predicted molar refractivity (Wildman–Crippen MR) is 84.7 cm³/mol. The van der Waals surface area contributed by atoms with E-state index in [-0.39, 0.29) is 23.5 Å². The Morgan fingerprint density at radius 2 is 2.05 bits per heavy atom. The van der Waals surface area contributed by atoms with Gasteiger partial charge in [0.2, 0.25) is 5.91 Å². The third kappa shape index (κ3) is 4.00. The van der Waals surface area contributed by atoms with E-state index < -0.39 is 5.97 Å². The molecule has 0 bridgehead atoms. The Balaban J connectivity index is 1.96. The van der Waals surface area contributed by atoms with E-state index in [4.69, 9.17) is 5.11 Å². The van der Waals surface area contributed by atoms with Crippen molar-refractivity contribution in [1.29, 1.82) is 0 Å². The van der Waals surface area contributed by atoms with E-state index in [1.807, 2.05) is 17.0 Å². The van der Waals surface area contributed by atoms with Crippen LogP contribution < -0.4 is 0 Å². The van der Waals surface area contributed by atoms with Gasteiger partial charge in [-0.15, -0.1) is 11.8 Å². The van der Waals surface area contributed by atoms with Crippen LogP contribution in [0.5, 0.6) is 0 Å². The second-order valence-corrected chi connectivity index (χ2v) is 6.56. The van der Waals surface area contributed by atoms with Crippen LogP contribution in [0, 0.1) is 6.92 Å². The van der Waals surface area contributed by atoms with Crippen molar-refractivity contribution in [2.45, 2.75) is 32.2 Å². The minimum atomic E-state index is -0.875. The van der Waals surface area contributed by atoms with Gasteiger partial charge in [0, 0.05) is 18.5 Å². The van der Waals surface area contributed by atoms with E-state index >= 15 is 0 Å². The Bertz CT molecular complexity index is 532. The van der Waals surface area contributed by atoms with Gasteiger partial charge in [-0.1, -0.05) is 24.3 Å². The van der Waals surface area contributed by atoms with Gasteiger partial charge in [0.05, 0.1) is 11.5 Å². The number of aryl methyl sites for hydroxylation is 1. The fraction of sp³-hybridized carbons (Fsp3) is 0.500. The molecule has 1 amide bonds. The summed E-state index contributed by atoms with van der Waals surface area (Å²) in [6.45, 7) is 4.91. The number of carbonyl (C=O) groups is 2. The highest BCUT2D eigenvalue weighted by Gasteiger charge is 2.33. The second kappa shape index (κ2) is 6.98. The van der Waals surface area contributed by atoms with Crippen LogP contribution >= 0.6 is 11.8 Å². The summed E-state index contributed by atoms with van der Waals surface area (Å²) >= 11 is 1.17. The molecule has 4 nitrogen and oxygen atoms in total. The molecule has 0 aliphatic carbocycles. The van der Waals surface area contributed by atoms with Crippen molar-refractivity contribution >= 4 is 23.6 Å². The lowest BCUT2D eigenvalue weighted by molar-refractivity contribution is -0.133. The third-order valence-corrected chi connectivity index (χ3v) is 4.88. The molecule has 1 saturated heterocycles. The van der Waals surface area contributed by atoms with Crippen molar-refractivity contribution in [3.63, 3.8) is 0 Å². The maximum absolute atomic E-state index is 12.2. The summed E-state index contributed by atoms with van der Waals surface area (Å²) in [7, 11) is 0. The Labute approximate surface area is 129 Å². The molecule has 1 fully saturated rings. The van der Waals surface area contributed by atoms with Crippen LogP contribution in [-0.4, -0.2) is 46.0 Å². The highest BCUT2D eigenvalue weighted by molar-refractivity contribution is 8.00. The fourth-order valence-electron chi connectivity index (χ4n) is 2.96. The van der Waals surface area contributed by atoms with Gasteiger partial charge in [-0.3, -0.25) is 9.59 Å². The van der Waals surface area contributed by atoms with Gasteiger partial charge in [0.15, 0.2) is 0 Å². The Morgan fingerprint density at radius 3 is 2.71 bits per heavy atom. The molecule has 21 heavy (non-hydrogen) atoms. The maximum atomic E-state index is 12.2. The molecule has 1 aromatic carbocycles. The largest absolute Gasteiger partial charge is 0.481 e. The number of rotatable bonds is 5. The van der Waals surface area contributed by atoms with Gasteiger partial charge in [0.1, 0.15) is 0 Å². The first-order valence-corrected chi connectivity index (χ1v) is 8.29. The molecule has 2 unspecified atom stereocenters. The van der Waals surface area contributed by atoms with E-state index in [0.29, 0.717) is 5.92 Å². The van der Waals surface area contributed by atoms with Crippen molar-refractivity contribution in [3.8, 4) is 0 Å². The number of hydrogen-bond acceptors (Lipinski definition) is 3. The van der Waals surface area contributed by atoms with Crippen LogP contribution in [0.15, 0.2) is 24.3 Å². The van der Waals surface area contributed by atoms with Crippen molar-refractivity contribution in [2.75, 3.05) is 18.1 Å². The number of thioether (sulfide) groups is 1. The van der Waals surface area contributed by atoms with Crippen LogP contribution in [0.1, 0.15) is 30.4 Å². The maximum Gasteiger partial charge on any atom is 0.313 e. The summed E-state index contributed by atoms with van der Waals surface area (Å²) in [5.74, 6) is -0.216. The van der Waals surface area contributed by atoms with E-state index in [1.54, 1.807) is 0 Å². The summed E-state index contributed by atoms with van der Waals surface area (Å²) in [6, 6.07) is 8.53. The smallest absolute Gasteiger partial charge is 0.313 e. The molecule has 0 radical (unpaired) electrons. The molecule has 1 N–H and O–H groups in total. The number of benzene rings is 1. The first-order chi connectivity index (χ1) is 9.99. The van der Waals surface area contributed by atoms with Crippen LogP contribution in [0.4, 0.5) is 0 Å². The van der Waals surface area contributed by atoms with E-state index in [9.17, 15) is 9.59 Å². The lowest BCUT2D eigenvalue weighted by atomic mass is 9.93. The van der Waals surface area contributed by atoms with Crippen LogP contribution in [0.2, 0.25) is 0 Å². The average Bonchev–Trinajstić information content (AvgIpc) is 2.80. The van der Waals surface area contributed by atoms with Gasteiger partial charge in [-0.05, 0) is 31.4 Å². The number of carbonyl (C=O) groups excluding carboxylic acids is 1. The predicted octanol–water partition coefficient (Wildman–Crippen LogP) is 2.52. The minimum Gasteiger partial charge on any atom is -0.481 e. The van der Waals surface area contributed by atoms with Gasteiger partial charge < -0.3 is 10.0 Å². The van der Waals surface area contributed by atoms with E-state index in [1.165, 1.54) is 22.9 Å². The molecule has 2 atom stereocenters. The van der Waals surface area contributed by atoms with E-state index in [0.717, 1.165) is 13.0 Å². The zero-order valence-corrected chi connectivity index (χ0v) is 13.2. The van der Waals surface area contributed by atoms with Gasteiger partial charge in [-0.2, -0.15) is 0 Å². The lowest BCUT2D eigenvalue weighted by Crippen LogP contribution is -2.35. The van der Waals surface area contributed by atoms with Crippen molar-refractivity contribution in [2.24, 2.45) is 0 Å². The zero-order chi connectivity index (χ0) is 15.4. The summed E-state index contributed by atoms with van der Waals surface area (Å²) in [6.07, 6.45) is 0.972. The number of aliphatic carboxylic acids is 1. The molecule has 1 aliphatic heterocycles. The molecule has 0 saturated carbocycles. The van der Waals surface area contributed by atoms with E-state index in [2.05, 4.69) is 26.0 Å². The standard InChI is InChI=1S/C16H21NO3S/c1-11-5-3-4-6-14(11)13-7-12(2)17(8-13)15(18)9-21-10-16(19)20/h3-6,12-13H,7-10H2,1-2H3,(H,19,20). The van der Waals surface area contributed by atoms with Crippen LogP contribution in [-0.2, 0) is 9.59 Å². The van der Waals surface area contributed by atoms with Crippen molar-refractivity contribution < 1.29 is 14.7 Å².